The second-order valence-corrected chi connectivity index (χ2v) is 9.04. The minimum absolute atomic E-state index is 0.0264. The van der Waals surface area contributed by atoms with Crippen molar-refractivity contribution in [2.75, 3.05) is 13.2 Å². The van der Waals surface area contributed by atoms with Crippen LogP contribution in [0.3, 0.4) is 0 Å². The molecule has 2 aromatic carbocycles. The van der Waals surface area contributed by atoms with Crippen LogP contribution >= 0.6 is 11.8 Å². The number of hydrogen-bond acceptors (Lipinski definition) is 6. The van der Waals surface area contributed by atoms with Crippen LogP contribution in [0.2, 0.25) is 0 Å². The number of allylic oxidation sites excluding steroid dienone is 1. The fraction of sp³-hybridized carbons (Fsp3) is 0.333. The Kier molecular flexibility index (Phi) is 8.89. The van der Waals surface area contributed by atoms with E-state index in [1.54, 1.807) is 26.2 Å². The van der Waals surface area contributed by atoms with Crippen molar-refractivity contribution in [2.45, 2.75) is 44.7 Å². The minimum atomic E-state index is -4.70. The third-order valence-electron chi connectivity index (χ3n) is 5.76. The zero-order valence-electron chi connectivity index (χ0n) is 20.4. The molecule has 0 amide bonds. The Morgan fingerprint density at radius 2 is 1.64 bits per heavy atom. The van der Waals surface area contributed by atoms with E-state index in [1.807, 2.05) is 31.2 Å². The van der Waals surface area contributed by atoms with Gasteiger partial charge in [0.15, 0.2) is 0 Å². The van der Waals surface area contributed by atoms with Crippen LogP contribution in [-0.4, -0.2) is 25.2 Å². The van der Waals surface area contributed by atoms with Gasteiger partial charge in [0, 0.05) is 22.2 Å². The molecular weight excluding hydrogens is 491 g/mol. The summed E-state index contributed by atoms with van der Waals surface area (Å²) in [5.74, 6) is -4.03. The van der Waals surface area contributed by atoms with Gasteiger partial charge >= 0.3 is 18.1 Å². The monoisotopic (exact) mass is 519 g/mol. The Hall–Kier alpha value is -3.20. The lowest BCUT2D eigenvalue weighted by atomic mass is 9.74. The van der Waals surface area contributed by atoms with E-state index in [0.717, 1.165) is 16.5 Å². The minimum Gasteiger partial charge on any atom is -0.465 e. The van der Waals surface area contributed by atoms with Crippen LogP contribution in [0.15, 0.2) is 75.8 Å². The molecule has 1 N–H and O–H groups in total. The molecule has 0 fully saturated rings. The van der Waals surface area contributed by atoms with Crippen molar-refractivity contribution in [3.8, 4) is 0 Å². The third kappa shape index (κ3) is 5.95. The van der Waals surface area contributed by atoms with Crippen molar-refractivity contribution in [3.05, 3.63) is 87.6 Å². The molecule has 0 bridgehead atoms. The number of carbonyl (C=O) groups excluding carboxylic acids is 2. The number of halogens is 3. The quantitative estimate of drug-likeness (QED) is 0.340. The van der Waals surface area contributed by atoms with Crippen LogP contribution in [0.25, 0.3) is 0 Å². The van der Waals surface area contributed by atoms with E-state index in [1.165, 1.54) is 30.0 Å². The maximum absolute atomic E-state index is 14.1. The summed E-state index contributed by atoms with van der Waals surface area (Å²) in [5, 5.41) is 4.77. The third-order valence-corrected chi connectivity index (χ3v) is 6.84. The Balaban J connectivity index is 2.26. The van der Waals surface area contributed by atoms with Crippen molar-refractivity contribution >= 4 is 23.7 Å². The molecule has 36 heavy (non-hydrogen) atoms. The number of esters is 2. The van der Waals surface area contributed by atoms with Gasteiger partial charge in [-0.1, -0.05) is 48.2 Å². The molecule has 3 rings (SSSR count). The largest absolute Gasteiger partial charge is 0.465 e. The molecule has 192 valence electrons. The summed E-state index contributed by atoms with van der Waals surface area (Å²) >= 11 is 1.33. The van der Waals surface area contributed by atoms with Gasteiger partial charge in [-0.2, -0.15) is 13.2 Å². The predicted octanol–water partition coefficient (Wildman–Crippen LogP) is 6.35. The van der Waals surface area contributed by atoms with Crippen LogP contribution in [0, 0.1) is 12.8 Å². The lowest BCUT2D eigenvalue weighted by Gasteiger charge is -2.36. The average Bonchev–Trinajstić information content (AvgIpc) is 2.82. The lowest BCUT2D eigenvalue weighted by molar-refractivity contribution is -0.149. The van der Waals surface area contributed by atoms with E-state index < -0.39 is 35.5 Å². The number of aryl methyl sites for hydroxylation is 1. The van der Waals surface area contributed by atoms with E-state index in [-0.39, 0.29) is 24.4 Å². The molecule has 0 radical (unpaired) electrons. The summed E-state index contributed by atoms with van der Waals surface area (Å²) in [6.07, 6.45) is -4.70. The molecular formula is C27H28F3NO4S. The smallest absolute Gasteiger partial charge is 0.416 e. The Labute approximate surface area is 212 Å². The first-order valence-electron chi connectivity index (χ1n) is 11.5. The predicted molar refractivity (Wildman–Crippen MR) is 132 cm³/mol. The van der Waals surface area contributed by atoms with Crippen molar-refractivity contribution in [3.63, 3.8) is 0 Å². The van der Waals surface area contributed by atoms with Crippen LogP contribution in [-0.2, 0) is 25.2 Å². The topological polar surface area (TPSA) is 64.6 Å². The fourth-order valence-electron chi connectivity index (χ4n) is 4.20. The number of carbonyl (C=O) groups is 2. The molecule has 0 saturated carbocycles. The maximum Gasteiger partial charge on any atom is 0.416 e. The zero-order chi connectivity index (χ0) is 26.5. The average molecular weight is 520 g/mol. The van der Waals surface area contributed by atoms with Crippen molar-refractivity contribution in [1.82, 2.24) is 5.32 Å². The number of nitrogens with one attached hydrogen (secondary N) is 1. The Morgan fingerprint density at radius 1 is 1.00 bits per heavy atom. The normalized spacial score (nSPS) is 19.1. The van der Waals surface area contributed by atoms with E-state index in [2.05, 4.69) is 5.32 Å². The fourth-order valence-corrected chi connectivity index (χ4v) is 5.08. The van der Waals surface area contributed by atoms with Crippen molar-refractivity contribution in [1.29, 1.82) is 0 Å². The molecule has 2 atom stereocenters. The van der Waals surface area contributed by atoms with E-state index in [0.29, 0.717) is 11.4 Å². The van der Waals surface area contributed by atoms with Gasteiger partial charge in [0.2, 0.25) is 0 Å². The lowest BCUT2D eigenvalue weighted by Crippen LogP contribution is -2.40. The van der Waals surface area contributed by atoms with Crippen molar-refractivity contribution in [2.24, 2.45) is 5.92 Å². The highest BCUT2D eigenvalue weighted by Gasteiger charge is 2.47. The van der Waals surface area contributed by atoms with E-state index >= 15 is 0 Å². The molecule has 0 aliphatic carbocycles. The van der Waals surface area contributed by atoms with Crippen LogP contribution in [0.5, 0.6) is 0 Å². The number of rotatable bonds is 7. The molecule has 2 aromatic rings. The number of ether oxygens (including phenoxy) is 2. The molecule has 0 saturated heterocycles. The standard InChI is InChI=1S/C27H28F3NO4S/c1-5-34-25(32)22-17(4)31-20(15-36-21-14-10-7-11-16(21)3)24(26(33)35-6-2)23(22)18-12-8-9-13-19(18)27(28,29)30/h7-15,23-24,31H,5-6H2,1-4H3/b20-15-/t23-,24-/m1/s1. The molecule has 9 heteroatoms. The van der Waals surface area contributed by atoms with E-state index in [9.17, 15) is 22.8 Å². The first-order chi connectivity index (χ1) is 17.1. The summed E-state index contributed by atoms with van der Waals surface area (Å²) in [4.78, 5) is 27.2. The molecule has 1 heterocycles. The second kappa shape index (κ2) is 11.7. The van der Waals surface area contributed by atoms with Gasteiger partial charge in [0.1, 0.15) is 5.92 Å². The SMILES string of the molecule is CCOC(=O)C1=C(C)N/C(=C\Sc2ccccc2C)[C@@H](C(=O)OCC)[C@@H]1c1ccccc1C(F)(F)F. The van der Waals surface area contributed by atoms with Gasteiger partial charge in [0.05, 0.1) is 24.4 Å². The number of alkyl halides is 3. The number of benzene rings is 2. The maximum atomic E-state index is 14.1. The highest BCUT2D eigenvalue weighted by molar-refractivity contribution is 8.02. The number of hydrogen-bond donors (Lipinski definition) is 1. The Morgan fingerprint density at radius 3 is 2.28 bits per heavy atom. The van der Waals surface area contributed by atoms with Gasteiger partial charge in [-0.3, -0.25) is 4.79 Å². The first-order valence-corrected chi connectivity index (χ1v) is 12.4. The second-order valence-electron chi connectivity index (χ2n) is 8.13. The highest BCUT2D eigenvalue weighted by atomic mass is 32.2. The zero-order valence-corrected chi connectivity index (χ0v) is 21.3. The molecule has 0 unspecified atom stereocenters. The van der Waals surface area contributed by atoms with Gasteiger partial charge in [-0.05, 0) is 56.4 Å². The summed E-state index contributed by atoms with van der Waals surface area (Å²) in [7, 11) is 0. The van der Waals surface area contributed by atoms with Crippen molar-refractivity contribution < 1.29 is 32.2 Å². The first kappa shape index (κ1) is 27.4. The van der Waals surface area contributed by atoms with Crippen LogP contribution < -0.4 is 5.32 Å². The summed E-state index contributed by atoms with van der Waals surface area (Å²) in [6.45, 7) is 6.80. The summed E-state index contributed by atoms with van der Waals surface area (Å²) < 4.78 is 52.7. The summed E-state index contributed by atoms with van der Waals surface area (Å²) in [5.41, 5.74) is 0.498. The van der Waals surface area contributed by atoms with Gasteiger partial charge < -0.3 is 14.8 Å². The van der Waals surface area contributed by atoms with Gasteiger partial charge in [-0.15, -0.1) is 0 Å². The molecule has 0 spiro atoms. The summed E-state index contributed by atoms with van der Waals surface area (Å²) in [6, 6.07) is 12.6. The number of thioether (sulfide) groups is 1. The van der Waals surface area contributed by atoms with Crippen LogP contribution in [0.4, 0.5) is 13.2 Å². The molecule has 0 aromatic heterocycles. The van der Waals surface area contributed by atoms with E-state index in [4.69, 9.17) is 9.47 Å². The van der Waals surface area contributed by atoms with Gasteiger partial charge in [-0.25, -0.2) is 4.79 Å². The molecule has 1 aliphatic heterocycles. The van der Waals surface area contributed by atoms with Gasteiger partial charge in [0.25, 0.3) is 0 Å². The highest BCUT2D eigenvalue weighted by Crippen LogP contribution is 2.46. The van der Waals surface area contributed by atoms with Crippen LogP contribution in [0.1, 0.15) is 43.4 Å². The molecule has 1 aliphatic rings. The molecule has 5 nitrogen and oxygen atoms in total. The Bertz CT molecular complexity index is 1190.